The highest BCUT2D eigenvalue weighted by atomic mass is 16.5. The van der Waals surface area contributed by atoms with Gasteiger partial charge in [0, 0.05) is 6.61 Å². The molecule has 1 amide bonds. The van der Waals surface area contributed by atoms with Crippen LogP contribution in [0, 0.1) is 11.8 Å². The summed E-state index contributed by atoms with van der Waals surface area (Å²) >= 11 is 0. The molecule has 0 aromatic heterocycles. The van der Waals surface area contributed by atoms with Crippen LogP contribution in [0.15, 0.2) is 0 Å². The normalized spacial score (nSPS) is 26.8. The molecule has 1 saturated heterocycles. The van der Waals surface area contributed by atoms with E-state index >= 15 is 0 Å². The Morgan fingerprint density at radius 2 is 2.06 bits per heavy atom. The third-order valence-corrected chi connectivity index (χ3v) is 2.88. The second kappa shape index (κ2) is 5.30. The average molecular weight is 229 g/mol. The van der Waals surface area contributed by atoms with Gasteiger partial charge >= 0.3 is 5.97 Å². The summed E-state index contributed by atoms with van der Waals surface area (Å²) in [5.74, 6) is -1.31. The van der Waals surface area contributed by atoms with E-state index < -0.39 is 18.1 Å². The molecule has 0 spiro atoms. The van der Waals surface area contributed by atoms with Gasteiger partial charge in [-0.15, -0.1) is 0 Å². The van der Waals surface area contributed by atoms with Gasteiger partial charge < -0.3 is 15.2 Å². The zero-order chi connectivity index (χ0) is 12.3. The Morgan fingerprint density at radius 3 is 2.44 bits per heavy atom. The van der Waals surface area contributed by atoms with E-state index in [-0.39, 0.29) is 17.7 Å². The minimum Gasteiger partial charge on any atom is -0.480 e. The monoisotopic (exact) mass is 229 g/mol. The third-order valence-electron chi connectivity index (χ3n) is 2.88. The summed E-state index contributed by atoms with van der Waals surface area (Å²) in [6.45, 7) is 6.02. The predicted octanol–water partition coefficient (Wildman–Crippen LogP) is 0.637. The molecule has 1 aliphatic heterocycles. The Bertz CT molecular complexity index is 277. The summed E-state index contributed by atoms with van der Waals surface area (Å²) in [6, 6.07) is -0.844. The molecule has 5 heteroatoms. The summed E-state index contributed by atoms with van der Waals surface area (Å²) < 4.78 is 5.28. The molecule has 5 nitrogen and oxygen atoms in total. The van der Waals surface area contributed by atoms with Gasteiger partial charge in [-0.25, -0.2) is 4.79 Å². The van der Waals surface area contributed by atoms with Crippen molar-refractivity contribution in [1.82, 2.24) is 5.32 Å². The van der Waals surface area contributed by atoms with Crippen LogP contribution in [0.4, 0.5) is 0 Å². The molecule has 0 aliphatic carbocycles. The lowest BCUT2D eigenvalue weighted by molar-refractivity contribution is -0.145. The minimum absolute atomic E-state index is 0.141. The van der Waals surface area contributed by atoms with E-state index in [0.29, 0.717) is 6.61 Å². The number of nitrogens with one attached hydrogen (secondary N) is 1. The molecule has 3 atom stereocenters. The molecule has 0 radical (unpaired) electrons. The molecular formula is C11H19NO4. The van der Waals surface area contributed by atoms with Crippen LogP contribution in [0.5, 0.6) is 0 Å². The number of hydrogen-bond donors (Lipinski definition) is 2. The molecule has 2 N–H and O–H groups in total. The van der Waals surface area contributed by atoms with Crippen molar-refractivity contribution in [3.63, 3.8) is 0 Å². The Labute approximate surface area is 95.2 Å². The lowest BCUT2D eigenvalue weighted by Gasteiger charge is -2.21. The first-order valence-electron chi connectivity index (χ1n) is 5.58. The molecule has 0 saturated carbocycles. The Hall–Kier alpha value is -1.10. The number of aliphatic carboxylic acids is 1. The predicted molar refractivity (Wildman–Crippen MR) is 57.9 cm³/mol. The van der Waals surface area contributed by atoms with Crippen molar-refractivity contribution in [2.45, 2.75) is 39.3 Å². The van der Waals surface area contributed by atoms with E-state index in [4.69, 9.17) is 9.84 Å². The number of carboxylic acid groups (broad SMARTS) is 1. The molecule has 2 unspecified atom stereocenters. The van der Waals surface area contributed by atoms with Gasteiger partial charge in [-0.05, 0) is 18.3 Å². The largest absolute Gasteiger partial charge is 0.480 e. The number of carbonyl (C=O) groups excluding carboxylic acids is 1. The number of carboxylic acids is 1. The van der Waals surface area contributed by atoms with Crippen LogP contribution >= 0.6 is 0 Å². The van der Waals surface area contributed by atoms with Crippen LogP contribution in [0.3, 0.4) is 0 Å². The maximum atomic E-state index is 11.8. The SMILES string of the molecule is CC1CCOC1C(=O)N[C@H](C(=O)O)C(C)C. The number of hydrogen-bond acceptors (Lipinski definition) is 3. The van der Waals surface area contributed by atoms with E-state index in [1.54, 1.807) is 13.8 Å². The summed E-state index contributed by atoms with van der Waals surface area (Å²) in [5, 5.41) is 11.5. The van der Waals surface area contributed by atoms with E-state index in [1.165, 1.54) is 0 Å². The second-order valence-electron chi connectivity index (χ2n) is 4.63. The average Bonchev–Trinajstić information content (AvgIpc) is 2.59. The first-order valence-corrected chi connectivity index (χ1v) is 5.58. The van der Waals surface area contributed by atoms with Gasteiger partial charge in [0.25, 0.3) is 0 Å². The number of carbonyl (C=O) groups is 2. The van der Waals surface area contributed by atoms with Crippen LogP contribution < -0.4 is 5.32 Å². The van der Waals surface area contributed by atoms with Crippen LogP contribution in [0.2, 0.25) is 0 Å². The summed E-state index contributed by atoms with van der Waals surface area (Å²) in [4.78, 5) is 22.7. The van der Waals surface area contributed by atoms with Gasteiger partial charge in [-0.1, -0.05) is 20.8 Å². The number of amides is 1. The van der Waals surface area contributed by atoms with Gasteiger partial charge in [0.05, 0.1) is 0 Å². The van der Waals surface area contributed by atoms with E-state index in [0.717, 1.165) is 6.42 Å². The van der Waals surface area contributed by atoms with Crippen molar-refractivity contribution >= 4 is 11.9 Å². The zero-order valence-electron chi connectivity index (χ0n) is 9.90. The third kappa shape index (κ3) is 2.95. The number of ether oxygens (including phenoxy) is 1. The fourth-order valence-corrected chi connectivity index (χ4v) is 1.78. The lowest BCUT2D eigenvalue weighted by Crippen LogP contribution is -2.49. The zero-order valence-corrected chi connectivity index (χ0v) is 9.90. The first-order chi connectivity index (χ1) is 7.43. The molecule has 1 aliphatic rings. The standard InChI is InChI=1S/C11H19NO4/c1-6(2)8(11(14)15)12-10(13)9-7(3)4-5-16-9/h6-9H,4-5H2,1-3H3,(H,12,13)(H,14,15)/t7?,8-,9?/m0/s1. The summed E-state index contributed by atoms with van der Waals surface area (Å²) in [7, 11) is 0. The highest BCUT2D eigenvalue weighted by molar-refractivity contribution is 5.86. The van der Waals surface area contributed by atoms with E-state index in [1.807, 2.05) is 6.92 Å². The van der Waals surface area contributed by atoms with Crippen molar-refractivity contribution in [2.24, 2.45) is 11.8 Å². The molecule has 0 bridgehead atoms. The van der Waals surface area contributed by atoms with Gasteiger partial charge in [-0.3, -0.25) is 4.79 Å². The molecule has 16 heavy (non-hydrogen) atoms. The van der Waals surface area contributed by atoms with Gasteiger partial charge in [0.15, 0.2) is 0 Å². The van der Waals surface area contributed by atoms with Crippen molar-refractivity contribution in [2.75, 3.05) is 6.61 Å². The van der Waals surface area contributed by atoms with Crippen molar-refractivity contribution < 1.29 is 19.4 Å². The van der Waals surface area contributed by atoms with Crippen LogP contribution in [0.1, 0.15) is 27.2 Å². The maximum Gasteiger partial charge on any atom is 0.326 e. The highest BCUT2D eigenvalue weighted by Gasteiger charge is 2.34. The van der Waals surface area contributed by atoms with Gasteiger partial charge in [0.2, 0.25) is 5.91 Å². The van der Waals surface area contributed by atoms with Gasteiger partial charge in [0.1, 0.15) is 12.1 Å². The summed E-state index contributed by atoms with van der Waals surface area (Å²) in [5.41, 5.74) is 0. The van der Waals surface area contributed by atoms with E-state index in [2.05, 4.69) is 5.32 Å². The second-order valence-corrected chi connectivity index (χ2v) is 4.63. The minimum atomic E-state index is -1.01. The first kappa shape index (κ1) is 13.0. The Balaban J connectivity index is 2.58. The highest BCUT2D eigenvalue weighted by Crippen LogP contribution is 2.20. The number of rotatable bonds is 4. The smallest absolute Gasteiger partial charge is 0.326 e. The topological polar surface area (TPSA) is 75.6 Å². The Morgan fingerprint density at radius 1 is 1.44 bits per heavy atom. The molecule has 1 heterocycles. The quantitative estimate of drug-likeness (QED) is 0.741. The molecule has 1 rings (SSSR count). The van der Waals surface area contributed by atoms with E-state index in [9.17, 15) is 9.59 Å². The van der Waals surface area contributed by atoms with Crippen molar-refractivity contribution in [3.05, 3.63) is 0 Å². The summed E-state index contributed by atoms with van der Waals surface area (Å²) in [6.07, 6.45) is 0.345. The molecular weight excluding hydrogens is 210 g/mol. The fraction of sp³-hybridized carbons (Fsp3) is 0.818. The Kier molecular flexibility index (Phi) is 4.29. The fourth-order valence-electron chi connectivity index (χ4n) is 1.78. The van der Waals surface area contributed by atoms with Crippen LogP contribution in [0.25, 0.3) is 0 Å². The molecule has 92 valence electrons. The van der Waals surface area contributed by atoms with Crippen LogP contribution in [-0.2, 0) is 14.3 Å². The molecule has 0 aromatic rings. The van der Waals surface area contributed by atoms with Crippen LogP contribution in [-0.4, -0.2) is 35.7 Å². The van der Waals surface area contributed by atoms with Gasteiger partial charge in [-0.2, -0.15) is 0 Å². The van der Waals surface area contributed by atoms with Crippen molar-refractivity contribution in [3.8, 4) is 0 Å². The molecule has 1 fully saturated rings. The lowest BCUT2D eigenvalue weighted by atomic mass is 10.0. The maximum absolute atomic E-state index is 11.8. The molecule has 0 aromatic carbocycles. The van der Waals surface area contributed by atoms with Crippen molar-refractivity contribution in [1.29, 1.82) is 0 Å².